The second-order valence-corrected chi connectivity index (χ2v) is 8.97. The van der Waals surface area contributed by atoms with Gasteiger partial charge in [-0.05, 0) is 50.5 Å². The third-order valence-electron chi connectivity index (χ3n) is 5.03. The maximum Gasteiger partial charge on any atom is 0.253 e. The first kappa shape index (κ1) is 20.2. The molecule has 0 bridgehead atoms. The van der Waals surface area contributed by atoms with Gasteiger partial charge in [-0.25, -0.2) is 8.42 Å². The van der Waals surface area contributed by atoms with Gasteiger partial charge in [0.15, 0.2) is 0 Å². The van der Waals surface area contributed by atoms with Crippen molar-refractivity contribution in [3.05, 3.63) is 57.8 Å². The van der Waals surface area contributed by atoms with Gasteiger partial charge in [0.25, 0.3) is 5.56 Å². The third-order valence-corrected chi connectivity index (χ3v) is 6.91. The molecule has 0 aliphatic carbocycles. The van der Waals surface area contributed by atoms with Crippen molar-refractivity contribution in [1.29, 1.82) is 0 Å². The van der Waals surface area contributed by atoms with Crippen LogP contribution in [0.25, 0.3) is 0 Å². The van der Waals surface area contributed by atoms with Crippen LogP contribution < -0.4 is 10.9 Å². The normalized spacial score (nSPS) is 16.1. The van der Waals surface area contributed by atoms with Crippen LogP contribution in [-0.2, 0) is 21.4 Å². The van der Waals surface area contributed by atoms with Crippen LogP contribution in [0.3, 0.4) is 0 Å². The summed E-state index contributed by atoms with van der Waals surface area (Å²) in [5, 5.41) is 2.82. The average molecular weight is 404 g/mol. The first-order valence-corrected chi connectivity index (χ1v) is 10.6. The maximum absolute atomic E-state index is 12.6. The van der Waals surface area contributed by atoms with E-state index in [9.17, 15) is 18.0 Å². The molecule has 2 aromatic rings. The van der Waals surface area contributed by atoms with E-state index in [1.165, 1.54) is 22.8 Å². The molecule has 28 heavy (non-hydrogen) atoms. The van der Waals surface area contributed by atoms with Gasteiger partial charge in [-0.2, -0.15) is 4.31 Å². The molecule has 1 aliphatic rings. The van der Waals surface area contributed by atoms with Crippen molar-refractivity contribution in [2.75, 3.05) is 13.1 Å². The molecule has 150 valence electrons. The van der Waals surface area contributed by atoms with Gasteiger partial charge in [-0.15, -0.1) is 0 Å². The Kier molecular flexibility index (Phi) is 5.95. The number of aryl methyl sites for hydroxylation is 2. The van der Waals surface area contributed by atoms with Gasteiger partial charge in [0.1, 0.15) is 4.90 Å². The Morgan fingerprint density at radius 2 is 2.04 bits per heavy atom. The molecule has 0 unspecified atom stereocenters. The average Bonchev–Trinajstić information content (AvgIpc) is 2.67. The number of rotatable bonds is 5. The molecule has 2 aromatic heterocycles. The van der Waals surface area contributed by atoms with Gasteiger partial charge < -0.3 is 10.3 Å². The topological polar surface area (TPSA) is 112 Å². The highest BCUT2D eigenvalue weighted by Crippen LogP contribution is 2.23. The zero-order valence-corrected chi connectivity index (χ0v) is 16.8. The van der Waals surface area contributed by atoms with Crippen LogP contribution in [0.15, 0.2) is 40.3 Å². The summed E-state index contributed by atoms with van der Waals surface area (Å²) in [6, 6.07) is 4.97. The Morgan fingerprint density at radius 3 is 2.64 bits per heavy atom. The quantitative estimate of drug-likeness (QED) is 0.775. The molecule has 1 aliphatic heterocycles. The number of carbonyl (C=O) groups excluding carboxylic acids is 1. The number of hydrogen-bond donors (Lipinski definition) is 2. The Balaban J connectivity index is 1.58. The molecule has 0 atom stereocenters. The predicted molar refractivity (Wildman–Crippen MR) is 104 cm³/mol. The van der Waals surface area contributed by atoms with Crippen LogP contribution in [0.5, 0.6) is 0 Å². The number of H-pyrrole nitrogens is 1. The van der Waals surface area contributed by atoms with Crippen molar-refractivity contribution < 1.29 is 13.2 Å². The van der Waals surface area contributed by atoms with Crippen LogP contribution >= 0.6 is 0 Å². The minimum atomic E-state index is -3.59. The molecule has 8 nitrogen and oxygen atoms in total. The van der Waals surface area contributed by atoms with Crippen LogP contribution in [0, 0.1) is 19.8 Å². The second kappa shape index (κ2) is 8.24. The van der Waals surface area contributed by atoms with Crippen molar-refractivity contribution in [2.45, 2.75) is 38.1 Å². The molecular weight excluding hydrogens is 380 g/mol. The smallest absolute Gasteiger partial charge is 0.253 e. The number of pyridine rings is 2. The minimum Gasteiger partial charge on any atom is -0.352 e. The van der Waals surface area contributed by atoms with Gasteiger partial charge in [0, 0.05) is 49.2 Å². The number of amides is 1. The first-order valence-electron chi connectivity index (χ1n) is 9.16. The van der Waals surface area contributed by atoms with E-state index in [1.54, 1.807) is 6.07 Å². The lowest BCUT2D eigenvalue weighted by Gasteiger charge is -2.30. The zero-order valence-electron chi connectivity index (χ0n) is 15.9. The predicted octanol–water partition coefficient (Wildman–Crippen LogP) is 1.10. The molecule has 2 N–H and O–H groups in total. The highest BCUT2D eigenvalue weighted by Gasteiger charge is 2.32. The van der Waals surface area contributed by atoms with Gasteiger partial charge in [-0.3, -0.25) is 14.6 Å². The molecule has 3 rings (SSSR count). The fourth-order valence-electron chi connectivity index (χ4n) is 3.43. The van der Waals surface area contributed by atoms with E-state index in [0.717, 1.165) is 11.3 Å². The van der Waals surface area contributed by atoms with Crippen molar-refractivity contribution in [2.24, 2.45) is 5.92 Å². The molecule has 0 saturated carbocycles. The van der Waals surface area contributed by atoms with E-state index in [0.29, 0.717) is 18.4 Å². The Bertz CT molecular complexity index is 1010. The highest BCUT2D eigenvalue weighted by molar-refractivity contribution is 7.89. The summed E-state index contributed by atoms with van der Waals surface area (Å²) in [5.41, 5.74) is 1.95. The summed E-state index contributed by atoms with van der Waals surface area (Å²) in [5.74, 6) is -0.428. The summed E-state index contributed by atoms with van der Waals surface area (Å²) in [6.45, 7) is 4.36. The molecule has 9 heteroatoms. The molecule has 1 amide bonds. The molecule has 0 spiro atoms. The monoisotopic (exact) mass is 404 g/mol. The number of aromatic nitrogens is 2. The summed E-state index contributed by atoms with van der Waals surface area (Å²) in [6.07, 6.45) is 3.73. The fourth-order valence-corrected chi connectivity index (χ4v) is 4.86. The van der Waals surface area contributed by atoms with Crippen LogP contribution in [0.4, 0.5) is 0 Å². The highest BCUT2D eigenvalue weighted by atomic mass is 32.2. The van der Waals surface area contributed by atoms with Crippen molar-refractivity contribution >= 4 is 15.9 Å². The Labute approximate surface area is 164 Å². The van der Waals surface area contributed by atoms with E-state index in [4.69, 9.17) is 0 Å². The standard InChI is InChI=1S/C19H24N4O4S/c1-13-10-14(2)22-19(25)17(13)12-21-18(24)15-5-8-23(9-6-15)28(26,27)16-4-3-7-20-11-16/h3-4,7,10-11,15H,5-6,8-9,12H2,1-2H3,(H,21,24)(H,22,25). The number of piperidine rings is 1. The van der Waals surface area contributed by atoms with Crippen molar-refractivity contribution in [3.8, 4) is 0 Å². The number of carbonyl (C=O) groups is 1. The van der Waals surface area contributed by atoms with Gasteiger partial charge in [-0.1, -0.05) is 0 Å². The Morgan fingerprint density at radius 1 is 1.32 bits per heavy atom. The van der Waals surface area contributed by atoms with E-state index in [2.05, 4.69) is 15.3 Å². The lowest BCUT2D eigenvalue weighted by atomic mass is 9.97. The van der Waals surface area contributed by atoms with Gasteiger partial charge in [0.2, 0.25) is 15.9 Å². The number of hydrogen-bond acceptors (Lipinski definition) is 5. The van der Waals surface area contributed by atoms with Gasteiger partial charge >= 0.3 is 0 Å². The number of aromatic amines is 1. The number of sulfonamides is 1. The first-order chi connectivity index (χ1) is 13.3. The fraction of sp³-hybridized carbons (Fsp3) is 0.421. The summed E-state index contributed by atoms with van der Waals surface area (Å²) in [7, 11) is -3.59. The largest absolute Gasteiger partial charge is 0.352 e. The van der Waals surface area contributed by atoms with Gasteiger partial charge in [0.05, 0.1) is 0 Å². The minimum absolute atomic E-state index is 0.155. The summed E-state index contributed by atoms with van der Waals surface area (Å²) < 4.78 is 26.6. The molecule has 0 radical (unpaired) electrons. The van der Waals surface area contributed by atoms with E-state index in [1.807, 2.05) is 19.9 Å². The number of nitrogens with one attached hydrogen (secondary N) is 2. The van der Waals surface area contributed by atoms with E-state index < -0.39 is 10.0 Å². The maximum atomic E-state index is 12.6. The summed E-state index contributed by atoms with van der Waals surface area (Å²) >= 11 is 0. The van der Waals surface area contributed by atoms with Crippen molar-refractivity contribution in [3.63, 3.8) is 0 Å². The van der Waals surface area contributed by atoms with E-state index in [-0.39, 0.29) is 41.9 Å². The number of nitrogens with zero attached hydrogens (tertiary/aromatic N) is 2. The third kappa shape index (κ3) is 4.31. The lowest BCUT2D eigenvalue weighted by Crippen LogP contribution is -2.43. The molecular formula is C19H24N4O4S. The molecule has 0 aromatic carbocycles. The molecule has 3 heterocycles. The van der Waals surface area contributed by atoms with Crippen molar-refractivity contribution in [1.82, 2.24) is 19.6 Å². The summed E-state index contributed by atoms with van der Waals surface area (Å²) in [4.78, 5) is 31.3. The van der Waals surface area contributed by atoms with Crippen LogP contribution in [0.2, 0.25) is 0 Å². The Hall–Kier alpha value is -2.52. The van der Waals surface area contributed by atoms with Crippen LogP contribution in [-0.4, -0.2) is 41.7 Å². The molecule has 1 saturated heterocycles. The molecule has 1 fully saturated rings. The van der Waals surface area contributed by atoms with E-state index >= 15 is 0 Å². The zero-order chi connectivity index (χ0) is 20.3. The van der Waals surface area contributed by atoms with Crippen LogP contribution in [0.1, 0.15) is 29.7 Å². The lowest BCUT2D eigenvalue weighted by molar-refractivity contribution is -0.126. The SMILES string of the molecule is Cc1cc(C)c(CNC(=O)C2CCN(S(=O)(=O)c3cccnc3)CC2)c(=O)[nH]1. The second-order valence-electron chi connectivity index (χ2n) is 7.03.